The summed E-state index contributed by atoms with van der Waals surface area (Å²) in [6.45, 7) is 2.66. The lowest BCUT2D eigenvalue weighted by atomic mass is 9.80. The van der Waals surface area contributed by atoms with Crippen LogP contribution < -0.4 is 9.47 Å². The first kappa shape index (κ1) is 19.4. The summed E-state index contributed by atoms with van der Waals surface area (Å²) in [5.74, 6) is -0.487. The molecule has 4 rings (SSSR count). The fraction of sp³-hybridized carbons (Fsp3) is 0.125. The minimum Gasteiger partial charge on any atom is -0.441 e. The van der Waals surface area contributed by atoms with Crippen molar-refractivity contribution >= 4 is 17.9 Å². The molecule has 6 heteroatoms. The lowest BCUT2D eigenvalue weighted by molar-refractivity contribution is -0.132. The van der Waals surface area contributed by atoms with E-state index in [4.69, 9.17) is 14.2 Å². The average molecular weight is 402 g/mol. The number of rotatable bonds is 4. The first-order valence-electron chi connectivity index (χ1n) is 9.31. The van der Waals surface area contributed by atoms with Crippen LogP contribution in [-0.2, 0) is 19.9 Å². The zero-order valence-electron chi connectivity index (χ0n) is 16.4. The van der Waals surface area contributed by atoms with E-state index in [0.29, 0.717) is 33.8 Å². The minimum atomic E-state index is -1.18. The molecule has 0 aromatic heterocycles. The lowest BCUT2D eigenvalue weighted by Gasteiger charge is -2.30. The molecule has 1 heterocycles. The molecule has 6 nitrogen and oxygen atoms in total. The van der Waals surface area contributed by atoms with Crippen LogP contribution in [0.3, 0.4) is 0 Å². The molecule has 1 aliphatic heterocycles. The van der Waals surface area contributed by atoms with Crippen molar-refractivity contribution in [1.82, 2.24) is 0 Å². The molecule has 0 saturated carbocycles. The van der Waals surface area contributed by atoms with E-state index in [1.807, 2.05) is 12.1 Å². The van der Waals surface area contributed by atoms with E-state index in [9.17, 15) is 14.4 Å². The Bertz CT molecular complexity index is 1070. The molecule has 0 bridgehead atoms. The zero-order chi connectivity index (χ0) is 21.3. The first-order valence-corrected chi connectivity index (χ1v) is 9.31. The second kappa shape index (κ2) is 7.48. The third kappa shape index (κ3) is 3.33. The van der Waals surface area contributed by atoms with E-state index < -0.39 is 23.5 Å². The predicted octanol–water partition coefficient (Wildman–Crippen LogP) is 4.00. The molecule has 0 atom stereocenters. The number of benzene rings is 3. The van der Waals surface area contributed by atoms with Gasteiger partial charge in [-0.05, 0) is 30.3 Å². The number of carbonyl (C=O) groups is 3. The van der Waals surface area contributed by atoms with Gasteiger partial charge in [0.05, 0.1) is 5.56 Å². The number of hydrogen-bond donors (Lipinski definition) is 0. The van der Waals surface area contributed by atoms with Crippen LogP contribution in [0.2, 0.25) is 0 Å². The standard InChI is InChI=1S/C24H18O6/c1-15(25)28-19-11-7-17(8-12-19)24(18-9-13-20(14-10-18)29-16(2)26)22-6-4-3-5-21(22)23(27)30-24/h3-14H,1-2H3. The first-order chi connectivity index (χ1) is 14.4. The number of esters is 3. The van der Waals surface area contributed by atoms with Crippen molar-refractivity contribution in [3.63, 3.8) is 0 Å². The van der Waals surface area contributed by atoms with Crippen molar-refractivity contribution in [1.29, 1.82) is 0 Å². The summed E-state index contributed by atoms with van der Waals surface area (Å²) in [5, 5.41) is 0. The number of cyclic esters (lactones) is 1. The van der Waals surface area contributed by atoms with Crippen LogP contribution in [-0.4, -0.2) is 17.9 Å². The number of fused-ring (bicyclic) bond motifs is 1. The summed E-state index contributed by atoms with van der Waals surface area (Å²) in [5.41, 5.74) is 1.38. The van der Waals surface area contributed by atoms with Crippen LogP contribution in [0, 0.1) is 0 Å². The van der Waals surface area contributed by atoms with Gasteiger partial charge in [-0.1, -0.05) is 42.5 Å². The van der Waals surface area contributed by atoms with Gasteiger partial charge >= 0.3 is 17.9 Å². The maximum Gasteiger partial charge on any atom is 0.340 e. The Morgan fingerprint density at radius 3 is 1.67 bits per heavy atom. The Balaban J connectivity index is 1.86. The van der Waals surface area contributed by atoms with Gasteiger partial charge in [0.1, 0.15) is 11.5 Å². The third-order valence-electron chi connectivity index (χ3n) is 4.82. The van der Waals surface area contributed by atoms with Crippen molar-refractivity contribution in [3.8, 4) is 11.5 Å². The van der Waals surface area contributed by atoms with Gasteiger partial charge in [0.15, 0.2) is 5.60 Å². The highest BCUT2D eigenvalue weighted by molar-refractivity contribution is 5.96. The van der Waals surface area contributed by atoms with E-state index in [2.05, 4.69) is 0 Å². The summed E-state index contributed by atoms with van der Waals surface area (Å²) >= 11 is 0. The van der Waals surface area contributed by atoms with Gasteiger partial charge in [-0.3, -0.25) is 9.59 Å². The van der Waals surface area contributed by atoms with Crippen LogP contribution in [0.5, 0.6) is 11.5 Å². The lowest BCUT2D eigenvalue weighted by Crippen LogP contribution is -2.29. The largest absolute Gasteiger partial charge is 0.441 e. The number of hydrogen-bond acceptors (Lipinski definition) is 6. The maximum absolute atomic E-state index is 12.7. The van der Waals surface area contributed by atoms with E-state index in [-0.39, 0.29) is 0 Å². The highest BCUT2D eigenvalue weighted by Crippen LogP contribution is 2.47. The average Bonchev–Trinajstić information content (AvgIpc) is 3.02. The molecular weight excluding hydrogens is 384 g/mol. The van der Waals surface area contributed by atoms with Gasteiger partial charge in [-0.2, -0.15) is 0 Å². The van der Waals surface area contributed by atoms with E-state index in [1.165, 1.54) is 13.8 Å². The molecule has 0 radical (unpaired) electrons. The molecule has 30 heavy (non-hydrogen) atoms. The molecular formula is C24H18O6. The van der Waals surface area contributed by atoms with E-state index in [1.54, 1.807) is 60.7 Å². The Kier molecular flexibility index (Phi) is 4.83. The zero-order valence-corrected chi connectivity index (χ0v) is 16.4. The van der Waals surface area contributed by atoms with Crippen LogP contribution in [0.25, 0.3) is 0 Å². The van der Waals surface area contributed by atoms with Crippen LogP contribution in [0.15, 0.2) is 72.8 Å². The molecule has 0 saturated heterocycles. The molecule has 3 aromatic carbocycles. The van der Waals surface area contributed by atoms with Crippen molar-refractivity contribution in [2.75, 3.05) is 0 Å². The molecule has 0 unspecified atom stereocenters. The van der Waals surface area contributed by atoms with Crippen LogP contribution in [0.4, 0.5) is 0 Å². The fourth-order valence-corrected chi connectivity index (χ4v) is 3.66. The maximum atomic E-state index is 12.7. The second-order valence-corrected chi connectivity index (χ2v) is 6.85. The van der Waals surface area contributed by atoms with Crippen molar-refractivity contribution in [3.05, 3.63) is 95.1 Å². The monoisotopic (exact) mass is 402 g/mol. The smallest absolute Gasteiger partial charge is 0.340 e. The topological polar surface area (TPSA) is 78.9 Å². The van der Waals surface area contributed by atoms with Gasteiger partial charge in [-0.25, -0.2) is 4.79 Å². The van der Waals surface area contributed by atoms with Gasteiger partial charge in [-0.15, -0.1) is 0 Å². The third-order valence-corrected chi connectivity index (χ3v) is 4.82. The summed E-state index contributed by atoms with van der Waals surface area (Å²) in [6, 6.07) is 20.8. The van der Waals surface area contributed by atoms with E-state index in [0.717, 1.165) is 0 Å². The number of carbonyl (C=O) groups excluding carboxylic acids is 3. The summed E-state index contributed by atoms with van der Waals surface area (Å²) in [6.07, 6.45) is 0. The molecule has 3 aromatic rings. The van der Waals surface area contributed by atoms with Crippen LogP contribution >= 0.6 is 0 Å². The van der Waals surface area contributed by atoms with Crippen LogP contribution in [0.1, 0.15) is 40.9 Å². The quantitative estimate of drug-likeness (QED) is 0.485. The van der Waals surface area contributed by atoms with Gasteiger partial charge < -0.3 is 14.2 Å². The SMILES string of the molecule is CC(=O)Oc1ccc(C2(c3ccc(OC(C)=O)cc3)OC(=O)c3ccccc32)cc1. The predicted molar refractivity (Wildman–Crippen MR) is 107 cm³/mol. The van der Waals surface area contributed by atoms with Crippen molar-refractivity contribution < 1.29 is 28.6 Å². The van der Waals surface area contributed by atoms with Gasteiger partial charge in [0.2, 0.25) is 0 Å². The molecule has 0 amide bonds. The molecule has 0 N–H and O–H groups in total. The Labute approximate surface area is 173 Å². The van der Waals surface area contributed by atoms with Crippen molar-refractivity contribution in [2.24, 2.45) is 0 Å². The van der Waals surface area contributed by atoms with Gasteiger partial charge in [0, 0.05) is 30.5 Å². The number of ether oxygens (including phenoxy) is 3. The Morgan fingerprint density at radius 1 is 0.733 bits per heavy atom. The fourth-order valence-electron chi connectivity index (χ4n) is 3.66. The highest BCUT2D eigenvalue weighted by Gasteiger charge is 2.48. The summed E-state index contributed by atoms with van der Waals surface area (Å²) in [4.78, 5) is 35.1. The Hall–Kier alpha value is -3.93. The minimum absolute atomic E-state index is 0.393. The summed E-state index contributed by atoms with van der Waals surface area (Å²) in [7, 11) is 0. The molecule has 1 aliphatic rings. The molecule has 150 valence electrons. The van der Waals surface area contributed by atoms with Gasteiger partial charge in [0.25, 0.3) is 0 Å². The second-order valence-electron chi connectivity index (χ2n) is 6.85. The molecule has 0 fully saturated rings. The van der Waals surface area contributed by atoms with Crippen molar-refractivity contribution in [2.45, 2.75) is 19.4 Å². The Morgan fingerprint density at radius 2 is 1.20 bits per heavy atom. The summed E-state index contributed by atoms with van der Waals surface area (Å²) < 4.78 is 16.2. The highest BCUT2D eigenvalue weighted by atomic mass is 16.6. The normalized spacial score (nSPS) is 13.9. The van der Waals surface area contributed by atoms with E-state index >= 15 is 0 Å². The molecule has 0 aliphatic carbocycles. The molecule has 0 spiro atoms.